The fraction of sp³-hybridized carbons (Fsp3) is 0.200. The molecule has 0 fully saturated rings. The first-order valence-electron chi connectivity index (χ1n) is 8.26. The van der Waals surface area contributed by atoms with Crippen LogP contribution in [0.25, 0.3) is 11.3 Å². The summed E-state index contributed by atoms with van der Waals surface area (Å²) in [5.41, 5.74) is 2.91. The van der Waals surface area contributed by atoms with Gasteiger partial charge in [-0.15, -0.1) is 11.3 Å². The van der Waals surface area contributed by atoms with Crippen molar-refractivity contribution >= 4 is 33.2 Å². The van der Waals surface area contributed by atoms with Gasteiger partial charge in [-0.1, -0.05) is 59.3 Å². The van der Waals surface area contributed by atoms with Gasteiger partial charge in [0.2, 0.25) is 0 Å². The number of amides is 1. The zero-order valence-electron chi connectivity index (χ0n) is 14.2. The summed E-state index contributed by atoms with van der Waals surface area (Å²) < 4.78 is 3.01. The van der Waals surface area contributed by atoms with E-state index >= 15 is 0 Å². The molecule has 0 bridgehead atoms. The van der Waals surface area contributed by atoms with Crippen LogP contribution in [-0.2, 0) is 13.0 Å². The van der Waals surface area contributed by atoms with Crippen molar-refractivity contribution in [3.05, 3.63) is 74.3 Å². The number of thiazole rings is 1. The molecule has 0 unspecified atom stereocenters. The average Bonchev–Trinajstić information content (AvgIpc) is 2.99. The minimum absolute atomic E-state index is 0.216. The molecule has 3 nitrogen and oxygen atoms in total. The Balaban J connectivity index is 2.14. The number of benzene rings is 2. The van der Waals surface area contributed by atoms with E-state index in [0.29, 0.717) is 5.56 Å². The van der Waals surface area contributed by atoms with Crippen LogP contribution in [0.15, 0.2) is 64.1 Å². The first-order chi connectivity index (χ1) is 12.1. The molecule has 25 heavy (non-hydrogen) atoms. The molecule has 1 heterocycles. The third kappa shape index (κ3) is 3.83. The van der Waals surface area contributed by atoms with E-state index < -0.39 is 0 Å². The number of hydrogen-bond acceptors (Lipinski definition) is 2. The Morgan fingerprint density at radius 2 is 1.88 bits per heavy atom. The molecule has 0 aliphatic carbocycles. The van der Waals surface area contributed by atoms with Crippen LogP contribution in [0.2, 0.25) is 0 Å². The molecular weight excluding hydrogens is 396 g/mol. The van der Waals surface area contributed by atoms with Crippen molar-refractivity contribution in [2.75, 3.05) is 0 Å². The summed E-state index contributed by atoms with van der Waals surface area (Å²) in [6.45, 7) is 4.99. The Bertz CT molecular complexity index is 957. The normalized spacial score (nSPS) is 11.7. The second-order valence-electron chi connectivity index (χ2n) is 5.55. The fourth-order valence-corrected chi connectivity index (χ4v) is 4.31. The SMILES string of the molecule is CCc1sc(=NC(=O)c2cccc(Br)c2)n(CC)c1-c1ccccc1. The summed E-state index contributed by atoms with van der Waals surface area (Å²) in [5.74, 6) is -0.216. The van der Waals surface area contributed by atoms with Gasteiger partial charge >= 0.3 is 0 Å². The minimum Gasteiger partial charge on any atom is -0.316 e. The van der Waals surface area contributed by atoms with Crippen molar-refractivity contribution < 1.29 is 4.79 Å². The highest BCUT2D eigenvalue weighted by atomic mass is 79.9. The van der Waals surface area contributed by atoms with Crippen LogP contribution < -0.4 is 4.80 Å². The van der Waals surface area contributed by atoms with Crippen molar-refractivity contribution in [3.8, 4) is 11.3 Å². The van der Waals surface area contributed by atoms with Gasteiger partial charge in [-0.25, -0.2) is 0 Å². The second kappa shape index (κ2) is 7.93. The van der Waals surface area contributed by atoms with Gasteiger partial charge in [0, 0.05) is 21.5 Å². The van der Waals surface area contributed by atoms with E-state index in [2.05, 4.69) is 51.5 Å². The third-order valence-electron chi connectivity index (χ3n) is 3.93. The topological polar surface area (TPSA) is 34.4 Å². The number of nitrogens with zero attached hydrogens (tertiary/aromatic N) is 2. The molecule has 0 spiro atoms. The zero-order valence-corrected chi connectivity index (χ0v) is 16.6. The Kier molecular flexibility index (Phi) is 5.66. The van der Waals surface area contributed by atoms with Gasteiger partial charge in [-0.05, 0) is 37.1 Å². The summed E-state index contributed by atoms with van der Waals surface area (Å²) in [4.78, 5) is 19.0. The molecule has 1 aromatic heterocycles. The Morgan fingerprint density at radius 1 is 1.12 bits per heavy atom. The van der Waals surface area contributed by atoms with E-state index in [1.54, 1.807) is 23.5 Å². The van der Waals surface area contributed by atoms with E-state index in [1.807, 2.05) is 30.3 Å². The van der Waals surface area contributed by atoms with Crippen LogP contribution in [0.3, 0.4) is 0 Å². The molecule has 5 heteroatoms. The maximum absolute atomic E-state index is 12.6. The molecule has 0 N–H and O–H groups in total. The Labute approximate surface area is 159 Å². The monoisotopic (exact) mass is 414 g/mol. The highest BCUT2D eigenvalue weighted by molar-refractivity contribution is 9.10. The van der Waals surface area contributed by atoms with Gasteiger partial charge < -0.3 is 4.57 Å². The first-order valence-corrected chi connectivity index (χ1v) is 9.87. The van der Waals surface area contributed by atoms with Crippen molar-refractivity contribution in [1.29, 1.82) is 0 Å². The number of rotatable bonds is 4. The van der Waals surface area contributed by atoms with Gasteiger partial charge in [0.1, 0.15) is 0 Å². The summed E-state index contributed by atoms with van der Waals surface area (Å²) in [6, 6.07) is 17.6. The van der Waals surface area contributed by atoms with Crippen LogP contribution >= 0.6 is 27.3 Å². The molecule has 0 radical (unpaired) electrons. The Morgan fingerprint density at radius 3 is 2.52 bits per heavy atom. The highest BCUT2D eigenvalue weighted by Gasteiger charge is 2.14. The van der Waals surface area contributed by atoms with E-state index in [9.17, 15) is 4.79 Å². The van der Waals surface area contributed by atoms with Crippen molar-refractivity contribution in [2.24, 2.45) is 4.99 Å². The molecule has 0 aliphatic heterocycles. The molecule has 0 saturated heterocycles. The molecule has 0 saturated carbocycles. The molecule has 2 aromatic carbocycles. The fourth-order valence-electron chi connectivity index (χ4n) is 2.76. The maximum Gasteiger partial charge on any atom is 0.279 e. The molecule has 128 valence electrons. The number of aryl methyl sites for hydroxylation is 1. The maximum atomic E-state index is 12.6. The van der Waals surface area contributed by atoms with Gasteiger partial charge in [0.05, 0.1) is 5.69 Å². The zero-order chi connectivity index (χ0) is 17.8. The highest BCUT2D eigenvalue weighted by Crippen LogP contribution is 2.26. The number of carbonyl (C=O) groups excluding carboxylic acids is 1. The number of aromatic nitrogens is 1. The molecule has 0 aliphatic rings. The summed E-state index contributed by atoms with van der Waals surface area (Å²) in [5, 5.41) is 0. The van der Waals surface area contributed by atoms with Crippen molar-refractivity contribution in [1.82, 2.24) is 4.57 Å². The van der Waals surface area contributed by atoms with Gasteiger partial charge in [0.25, 0.3) is 5.91 Å². The molecule has 1 amide bonds. The lowest BCUT2D eigenvalue weighted by molar-refractivity contribution is 0.0997. The largest absolute Gasteiger partial charge is 0.316 e. The van der Waals surface area contributed by atoms with Crippen LogP contribution in [-0.4, -0.2) is 10.5 Å². The summed E-state index contributed by atoms with van der Waals surface area (Å²) in [6.07, 6.45) is 0.912. The lowest BCUT2D eigenvalue weighted by Gasteiger charge is -2.08. The standard InChI is InChI=1S/C20H19BrN2OS/c1-3-17-18(14-9-6-5-7-10-14)23(4-2)20(25-17)22-19(24)15-11-8-12-16(21)13-15/h5-13H,3-4H2,1-2H3. The van der Waals surface area contributed by atoms with Gasteiger partial charge in [0.15, 0.2) is 4.80 Å². The molecular formula is C20H19BrN2OS. The summed E-state index contributed by atoms with van der Waals surface area (Å²) in [7, 11) is 0. The smallest absolute Gasteiger partial charge is 0.279 e. The van der Waals surface area contributed by atoms with Gasteiger partial charge in [-0.2, -0.15) is 4.99 Å². The predicted octanol–water partition coefficient (Wildman–Crippen LogP) is 5.30. The van der Waals surface area contributed by atoms with E-state index in [1.165, 1.54) is 4.88 Å². The van der Waals surface area contributed by atoms with E-state index in [-0.39, 0.29) is 5.91 Å². The van der Waals surface area contributed by atoms with E-state index in [4.69, 9.17) is 0 Å². The van der Waals surface area contributed by atoms with Crippen LogP contribution in [0.5, 0.6) is 0 Å². The summed E-state index contributed by atoms with van der Waals surface area (Å²) >= 11 is 5.00. The van der Waals surface area contributed by atoms with Crippen molar-refractivity contribution in [3.63, 3.8) is 0 Å². The lowest BCUT2D eigenvalue weighted by atomic mass is 10.1. The molecule has 0 atom stereocenters. The average molecular weight is 415 g/mol. The molecule has 3 rings (SSSR count). The number of halogens is 1. The number of carbonyl (C=O) groups is 1. The second-order valence-corrected chi connectivity index (χ2v) is 7.53. The quantitative estimate of drug-likeness (QED) is 0.569. The lowest BCUT2D eigenvalue weighted by Crippen LogP contribution is -2.17. The van der Waals surface area contributed by atoms with Gasteiger partial charge in [-0.3, -0.25) is 4.79 Å². The number of hydrogen-bond donors (Lipinski definition) is 0. The minimum atomic E-state index is -0.216. The first kappa shape index (κ1) is 17.8. The van der Waals surface area contributed by atoms with Crippen LogP contribution in [0, 0.1) is 0 Å². The van der Waals surface area contributed by atoms with E-state index in [0.717, 1.165) is 33.5 Å². The van der Waals surface area contributed by atoms with Crippen LogP contribution in [0.4, 0.5) is 0 Å². The predicted molar refractivity (Wildman–Crippen MR) is 107 cm³/mol. The van der Waals surface area contributed by atoms with Crippen LogP contribution in [0.1, 0.15) is 29.1 Å². The van der Waals surface area contributed by atoms with Crippen molar-refractivity contribution in [2.45, 2.75) is 26.8 Å². The molecule has 3 aromatic rings. The third-order valence-corrected chi connectivity index (χ3v) is 5.65. The Hall–Kier alpha value is -1.98.